The first-order valence-electron chi connectivity index (χ1n) is 9.15. The molecule has 0 radical (unpaired) electrons. The molecule has 1 amide bonds. The van der Waals surface area contributed by atoms with Crippen LogP contribution in [0, 0.1) is 0 Å². The van der Waals surface area contributed by atoms with E-state index in [-0.39, 0.29) is 17.2 Å². The van der Waals surface area contributed by atoms with Crippen LogP contribution in [0.5, 0.6) is 11.5 Å². The van der Waals surface area contributed by atoms with Crippen molar-refractivity contribution in [3.63, 3.8) is 0 Å². The number of carbonyl (C=O) groups excluding carboxylic acids is 3. The normalized spacial score (nSPS) is 18.8. The van der Waals surface area contributed by atoms with Crippen LogP contribution in [-0.4, -0.2) is 47.4 Å². The van der Waals surface area contributed by atoms with Crippen molar-refractivity contribution in [2.24, 2.45) is 4.99 Å². The number of methoxy groups -OCH3 is 1. The smallest absolute Gasteiger partial charge is 0.338 e. The number of carbonyl (C=O) groups is 3. The molecule has 1 fully saturated rings. The summed E-state index contributed by atoms with van der Waals surface area (Å²) in [5, 5.41) is 0.554. The monoisotopic (exact) mass is 418 g/mol. The van der Waals surface area contributed by atoms with Gasteiger partial charge in [-0.15, -0.1) is 0 Å². The molecular weight excluding hydrogens is 396 g/mol. The summed E-state index contributed by atoms with van der Waals surface area (Å²) < 4.78 is 15.8. The molecule has 0 aliphatic carbocycles. The lowest BCUT2D eigenvalue weighted by atomic mass is 9.94. The molecule has 2 heterocycles. The van der Waals surface area contributed by atoms with Crippen molar-refractivity contribution in [3.8, 4) is 11.5 Å². The molecule has 2 aliphatic rings. The van der Waals surface area contributed by atoms with Crippen LogP contribution in [0.1, 0.15) is 38.8 Å². The molecule has 2 aliphatic heterocycles. The first-order valence-corrected chi connectivity index (χ1v) is 10.1. The van der Waals surface area contributed by atoms with Crippen LogP contribution >= 0.6 is 11.8 Å². The molecule has 3 rings (SSSR count). The minimum absolute atomic E-state index is 0.122. The van der Waals surface area contributed by atoms with Crippen molar-refractivity contribution < 1.29 is 28.6 Å². The highest BCUT2D eigenvalue weighted by Crippen LogP contribution is 2.42. The number of hydrogen-bond donors (Lipinski definition) is 0. The molecule has 0 unspecified atom stereocenters. The van der Waals surface area contributed by atoms with Gasteiger partial charge in [-0.05, 0) is 31.5 Å². The Morgan fingerprint density at radius 1 is 1.31 bits per heavy atom. The van der Waals surface area contributed by atoms with Crippen molar-refractivity contribution in [1.29, 1.82) is 0 Å². The second-order valence-electron chi connectivity index (χ2n) is 6.38. The fourth-order valence-electron chi connectivity index (χ4n) is 3.28. The SMILES string of the molecule is CCOc1cc([C@@H]2C(C(=O)OC)=C(C)N=C3SCCC(=O)N32)ccc1OC(C)=O. The number of fused-ring (bicyclic) bond motifs is 1. The predicted molar refractivity (Wildman–Crippen MR) is 108 cm³/mol. The number of nitrogens with zero attached hydrogens (tertiary/aromatic N) is 2. The third-order valence-electron chi connectivity index (χ3n) is 4.45. The Balaban J connectivity index is 2.15. The van der Waals surface area contributed by atoms with Crippen LogP contribution in [0.25, 0.3) is 0 Å². The molecule has 1 aromatic rings. The Hall–Kier alpha value is -2.81. The molecule has 0 saturated carbocycles. The molecule has 154 valence electrons. The number of benzene rings is 1. The number of ether oxygens (including phenoxy) is 3. The van der Waals surface area contributed by atoms with E-state index in [9.17, 15) is 14.4 Å². The fraction of sp³-hybridized carbons (Fsp3) is 0.400. The van der Waals surface area contributed by atoms with Crippen LogP contribution in [0.2, 0.25) is 0 Å². The number of amidine groups is 1. The maximum Gasteiger partial charge on any atom is 0.338 e. The quantitative estimate of drug-likeness (QED) is 0.536. The van der Waals surface area contributed by atoms with Crippen molar-refractivity contribution in [2.75, 3.05) is 19.5 Å². The van der Waals surface area contributed by atoms with E-state index in [1.54, 1.807) is 25.1 Å². The van der Waals surface area contributed by atoms with Crippen LogP contribution in [-0.2, 0) is 19.1 Å². The van der Waals surface area contributed by atoms with Gasteiger partial charge in [-0.25, -0.2) is 9.79 Å². The number of allylic oxidation sites excluding steroid dienone is 1. The van der Waals surface area contributed by atoms with E-state index in [0.717, 1.165) is 0 Å². The Morgan fingerprint density at radius 3 is 2.72 bits per heavy atom. The number of thioether (sulfide) groups is 1. The van der Waals surface area contributed by atoms with Gasteiger partial charge in [0, 0.05) is 19.1 Å². The molecule has 0 N–H and O–H groups in total. The zero-order chi connectivity index (χ0) is 21.1. The number of hydrogen-bond acceptors (Lipinski definition) is 8. The lowest BCUT2D eigenvalue weighted by Gasteiger charge is -2.38. The van der Waals surface area contributed by atoms with Gasteiger partial charge in [0.25, 0.3) is 0 Å². The maximum atomic E-state index is 12.8. The number of aliphatic imine (C=N–C) groups is 1. The summed E-state index contributed by atoms with van der Waals surface area (Å²) in [6, 6.07) is 4.27. The van der Waals surface area contributed by atoms with E-state index in [0.29, 0.717) is 41.0 Å². The van der Waals surface area contributed by atoms with Gasteiger partial charge in [-0.1, -0.05) is 17.8 Å². The zero-order valence-electron chi connectivity index (χ0n) is 16.7. The Bertz CT molecular complexity index is 924. The van der Waals surface area contributed by atoms with E-state index < -0.39 is 18.0 Å². The van der Waals surface area contributed by atoms with Crippen LogP contribution in [0.4, 0.5) is 0 Å². The van der Waals surface area contributed by atoms with Crippen molar-refractivity contribution in [2.45, 2.75) is 33.2 Å². The second-order valence-corrected chi connectivity index (χ2v) is 7.44. The van der Waals surface area contributed by atoms with E-state index in [2.05, 4.69) is 4.99 Å². The van der Waals surface area contributed by atoms with Gasteiger partial charge >= 0.3 is 11.9 Å². The molecule has 1 aromatic carbocycles. The lowest BCUT2D eigenvalue weighted by molar-refractivity contribution is -0.137. The van der Waals surface area contributed by atoms with E-state index in [1.165, 1.54) is 30.7 Å². The zero-order valence-corrected chi connectivity index (χ0v) is 17.5. The summed E-state index contributed by atoms with van der Waals surface area (Å²) in [6.07, 6.45) is 0.345. The van der Waals surface area contributed by atoms with E-state index >= 15 is 0 Å². The summed E-state index contributed by atoms with van der Waals surface area (Å²) in [4.78, 5) is 42.7. The molecule has 1 atom stereocenters. The fourth-order valence-corrected chi connectivity index (χ4v) is 4.29. The molecule has 0 bridgehead atoms. The highest BCUT2D eigenvalue weighted by Gasteiger charge is 2.41. The first kappa shape index (κ1) is 20.9. The van der Waals surface area contributed by atoms with Crippen LogP contribution in [0.3, 0.4) is 0 Å². The van der Waals surface area contributed by atoms with Crippen LogP contribution < -0.4 is 9.47 Å². The van der Waals surface area contributed by atoms with E-state index in [1.807, 2.05) is 6.92 Å². The average molecular weight is 418 g/mol. The summed E-state index contributed by atoms with van der Waals surface area (Å²) in [7, 11) is 1.29. The van der Waals surface area contributed by atoms with Crippen molar-refractivity contribution >= 4 is 34.8 Å². The standard InChI is InChI=1S/C20H22N2O6S/c1-5-27-15-10-13(6-7-14(15)28-12(3)23)18-17(19(25)26-4)11(2)21-20-22(18)16(24)8-9-29-20/h6-7,10,18H,5,8-9H2,1-4H3/t18-/m1/s1. The third-order valence-corrected chi connectivity index (χ3v) is 5.40. The molecule has 0 spiro atoms. The number of amides is 1. The van der Waals surface area contributed by atoms with Gasteiger partial charge in [-0.3, -0.25) is 14.5 Å². The Labute approximate surface area is 172 Å². The minimum Gasteiger partial charge on any atom is -0.490 e. The largest absolute Gasteiger partial charge is 0.490 e. The molecule has 9 heteroatoms. The van der Waals surface area contributed by atoms with Gasteiger partial charge in [0.05, 0.1) is 31.0 Å². The predicted octanol–water partition coefficient (Wildman–Crippen LogP) is 2.83. The van der Waals surface area contributed by atoms with Crippen molar-refractivity contribution in [1.82, 2.24) is 4.90 Å². The van der Waals surface area contributed by atoms with Crippen LogP contribution in [0.15, 0.2) is 34.5 Å². The molecular formula is C20H22N2O6S. The lowest BCUT2D eigenvalue weighted by Crippen LogP contribution is -2.45. The maximum absolute atomic E-state index is 12.8. The summed E-state index contributed by atoms with van der Waals surface area (Å²) >= 11 is 1.47. The topological polar surface area (TPSA) is 94.5 Å². The van der Waals surface area contributed by atoms with Gasteiger partial charge in [-0.2, -0.15) is 0 Å². The Morgan fingerprint density at radius 2 is 2.07 bits per heavy atom. The molecule has 1 saturated heterocycles. The Kier molecular flexibility index (Phi) is 6.26. The molecule has 8 nitrogen and oxygen atoms in total. The third kappa shape index (κ3) is 4.14. The van der Waals surface area contributed by atoms with Gasteiger partial charge in [0.2, 0.25) is 5.91 Å². The number of rotatable bonds is 5. The second kappa shape index (κ2) is 8.69. The van der Waals surface area contributed by atoms with Crippen molar-refractivity contribution in [3.05, 3.63) is 35.0 Å². The van der Waals surface area contributed by atoms with E-state index in [4.69, 9.17) is 14.2 Å². The summed E-state index contributed by atoms with van der Waals surface area (Å²) in [6.45, 7) is 5.19. The van der Waals surface area contributed by atoms with Gasteiger partial charge < -0.3 is 14.2 Å². The van der Waals surface area contributed by atoms with Gasteiger partial charge in [0.15, 0.2) is 16.7 Å². The molecule has 29 heavy (non-hydrogen) atoms. The first-order chi connectivity index (χ1) is 13.9. The minimum atomic E-state index is -0.708. The summed E-state index contributed by atoms with van der Waals surface area (Å²) in [5.41, 5.74) is 1.42. The molecule has 0 aromatic heterocycles. The highest BCUT2D eigenvalue weighted by molar-refractivity contribution is 8.14. The summed E-state index contributed by atoms with van der Waals surface area (Å²) in [5.74, 6) is 0.108. The number of esters is 2. The highest BCUT2D eigenvalue weighted by atomic mass is 32.2. The van der Waals surface area contributed by atoms with Gasteiger partial charge in [0.1, 0.15) is 0 Å². The average Bonchev–Trinajstić information content (AvgIpc) is 2.68.